The van der Waals surface area contributed by atoms with E-state index in [0.29, 0.717) is 5.41 Å². The first-order valence-corrected chi connectivity index (χ1v) is 9.39. The fraction of sp³-hybridized carbons (Fsp3) is 1.00. The van der Waals surface area contributed by atoms with Crippen LogP contribution in [-0.2, 0) is 0 Å². The molecule has 2 fully saturated rings. The Bertz CT molecular complexity index is 307. The van der Waals surface area contributed by atoms with Crippen molar-refractivity contribution in [1.29, 1.82) is 0 Å². The van der Waals surface area contributed by atoms with E-state index in [2.05, 4.69) is 32.6 Å². The summed E-state index contributed by atoms with van der Waals surface area (Å²) in [5.74, 6) is 2.57. The second-order valence-electron chi connectivity index (χ2n) is 8.68. The lowest BCUT2D eigenvalue weighted by atomic mass is 9.67. The predicted octanol–water partition coefficient (Wildman–Crippen LogP) is 4.29. The summed E-state index contributed by atoms with van der Waals surface area (Å²) in [6.45, 7) is 13.1. The van der Waals surface area contributed by atoms with Gasteiger partial charge in [0.15, 0.2) is 0 Å². The second-order valence-corrected chi connectivity index (χ2v) is 8.68. The first-order valence-electron chi connectivity index (χ1n) is 9.39. The monoisotopic (exact) mass is 294 g/mol. The predicted molar refractivity (Wildman–Crippen MR) is 92.3 cm³/mol. The number of nitrogens with zero attached hydrogens (tertiary/aromatic N) is 1. The van der Waals surface area contributed by atoms with E-state index in [-0.39, 0.29) is 0 Å². The van der Waals surface area contributed by atoms with Crippen LogP contribution in [0.3, 0.4) is 0 Å². The Labute approximate surface area is 132 Å². The zero-order valence-corrected chi connectivity index (χ0v) is 14.9. The quantitative estimate of drug-likeness (QED) is 0.841. The molecule has 0 spiro atoms. The highest BCUT2D eigenvalue weighted by Gasteiger charge is 2.38. The SMILES string of the molecule is CCC1CCCN(C2CC(C(C)(C)C)CCC2CN)CC1. The summed E-state index contributed by atoms with van der Waals surface area (Å²) in [4.78, 5) is 2.82. The molecule has 21 heavy (non-hydrogen) atoms. The van der Waals surface area contributed by atoms with Crippen LogP contribution in [0.2, 0.25) is 0 Å². The lowest BCUT2D eigenvalue weighted by Crippen LogP contribution is -2.49. The molecule has 0 bridgehead atoms. The molecule has 2 aliphatic rings. The van der Waals surface area contributed by atoms with Crippen molar-refractivity contribution in [1.82, 2.24) is 4.90 Å². The van der Waals surface area contributed by atoms with E-state index < -0.39 is 0 Å². The zero-order chi connectivity index (χ0) is 15.5. The van der Waals surface area contributed by atoms with Crippen LogP contribution in [-0.4, -0.2) is 30.6 Å². The summed E-state index contributed by atoms with van der Waals surface area (Å²) in [7, 11) is 0. The molecule has 1 aliphatic heterocycles. The van der Waals surface area contributed by atoms with Gasteiger partial charge in [-0.1, -0.05) is 34.1 Å². The molecule has 4 unspecified atom stereocenters. The smallest absolute Gasteiger partial charge is 0.0138 e. The molecular formula is C19H38N2. The Hall–Kier alpha value is -0.0800. The Balaban J connectivity index is 2.03. The van der Waals surface area contributed by atoms with Crippen LogP contribution in [0.4, 0.5) is 0 Å². The van der Waals surface area contributed by atoms with Gasteiger partial charge in [0.25, 0.3) is 0 Å². The largest absolute Gasteiger partial charge is 0.330 e. The highest BCUT2D eigenvalue weighted by Crippen LogP contribution is 2.42. The molecule has 4 atom stereocenters. The average Bonchev–Trinajstić information content (AvgIpc) is 2.70. The van der Waals surface area contributed by atoms with Gasteiger partial charge in [0, 0.05) is 6.04 Å². The minimum Gasteiger partial charge on any atom is -0.330 e. The molecule has 1 saturated heterocycles. The van der Waals surface area contributed by atoms with Gasteiger partial charge in [0.05, 0.1) is 0 Å². The Kier molecular flexibility index (Phi) is 6.14. The molecule has 2 heteroatoms. The highest BCUT2D eigenvalue weighted by molar-refractivity contribution is 4.91. The Morgan fingerprint density at radius 1 is 1.05 bits per heavy atom. The van der Waals surface area contributed by atoms with Crippen LogP contribution in [0, 0.1) is 23.2 Å². The Morgan fingerprint density at radius 3 is 2.43 bits per heavy atom. The van der Waals surface area contributed by atoms with Crippen molar-refractivity contribution in [2.24, 2.45) is 28.9 Å². The Morgan fingerprint density at radius 2 is 1.81 bits per heavy atom. The number of likely N-dealkylation sites (tertiary alicyclic amines) is 1. The van der Waals surface area contributed by atoms with Crippen molar-refractivity contribution < 1.29 is 0 Å². The summed E-state index contributed by atoms with van der Waals surface area (Å²) < 4.78 is 0. The molecule has 1 saturated carbocycles. The van der Waals surface area contributed by atoms with Crippen LogP contribution in [0.1, 0.15) is 72.6 Å². The minimum absolute atomic E-state index is 0.454. The van der Waals surface area contributed by atoms with Gasteiger partial charge in [-0.05, 0) is 81.3 Å². The zero-order valence-electron chi connectivity index (χ0n) is 14.9. The topological polar surface area (TPSA) is 29.3 Å². The molecule has 2 nitrogen and oxygen atoms in total. The summed E-state index contributed by atoms with van der Waals surface area (Å²) in [5.41, 5.74) is 6.57. The van der Waals surface area contributed by atoms with Crippen molar-refractivity contribution in [2.75, 3.05) is 19.6 Å². The van der Waals surface area contributed by atoms with Crippen molar-refractivity contribution in [3.05, 3.63) is 0 Å². The van der Waals surface area contributed by atoms with E-state index >= 15 is 0 Å². The molecule has 124 valence electrons. The molecule has 0 aromatic rings. The molecule has 0 amide bonds. The van der Waals surface area contributed by atoms with E-state index in [0.717, 1.165) is 30.3 Å². The van der Waals surface area contributed by atoms with Crippen molar-refractivity contribution in [3.8, 4) is 0 Å². The van der Waals surface area contributed by atoms with Gasteiger partial charge >= 0.3 is 0 Å². The minimum atomic E-state index is 0.454. The summed E-state index contributed by atoms with van der Waals surface area (Å²) >= 11 is 0. The van der Waals surface area contributed by atoms with E-state index in [1.54, 1.807) is 0 Å². The fourth-order valence-corrected chi connectivity index (χ4v) is 4.65. The number of hydrogen-bond donors (Lipinski definition) is 1. The van der Waals surface area contributed by atoms with Gasteiger partial charge in [0.1, 0.15) is 0 Å². The van der Waals surface area contributed by atoms with E-state index in [4.69, 9.17) is 5.73 Å². The standard InChI is InChI=1S/C19H38N2/c1-5-15-7-6-11-21(12-10-15)18-13-17(19(2,3)4)9-8-16(18)14-20/h15-18H,5-14,20H2,1-4H3. The number of rotatable bonds is 3. The second kappa shape index (κ2) is 7.46. The van der Waals surface area contributed by atoms with Crippen LogP contribution < -0.4 is 5.73 Å². The van der Waals surface area contributed by atoms with Gasteiger partial charge in [-0.2, -0.15) is 0 Å². The normalized spacial score (nSPS) is 36.4. The maximum Gasteiger partial charge on any atom is 0.0138 e. The van der Waals surface area contributed by atoms with Crippen LogP contribution in [0.5, 0.6) is 0 Å². The van der Waals surface area contributed by atoms with Gasteiger partial charge in [0.2, 0.25) is 0 Å². The maximum atomic E-state index is 6.12. The van der Waals surface area contributed by atoms with E-state index in [9.17, 15) is 0 Å². The third kappa shape index (κ3) is 4.45. The van der Waals surface area contributed by atoms with Crippen LogP contribution in [0.15, 0.2) is 0 Å². The summed E-state index contributed by atoms with van der Waals surface area (Å²) in [6, 6.07) is 0.753. The average molecular weight is 295 g/mol. The first kappa shape index (κ1) is 17.3. The molecule has 0 aromatic heterocycles. The molecule has 2 rings (SSSR count). The molecule has 2 N–H and O–H groups in total. The van der Waals surface area contributed by atoms with Gasteiger partial charge in [-0.3, -0.25) is 0 Å². The maximum absolute atomic E-state index is 6.12. The van der Waals surface area contributed by atoms with Crippen molar-refractivity contribution >= 4 is 0 Å². The van der Waals surface area contributed by atoms with Crippen molar-refractivity contribution in [2.45, 2.75) is 78.7 Å². The van der Waals surface area contributed by atoms with Gasteiger partial charge in [-0.25, -0.2) is 0 Å². The fourth-order valence-electron chi connectivity index (χ4n) is 4.65. The number of hydrogen-bond acceptors (Lipinski definition) is 2. The van der Waals surface area contributed by atoms with E-state index in [1.165, 1.54) is 58.0 Å². The van der Waals surface area contributed by atoms with Crippen molar-refractivity contribution in [3.63, 3.8) is 0 Å². The first-order chi connectivity index (χ1) is 9.95. The lowest BCUT2D eigenvalue weighted by Gasteiger charge is -2.46. The van der Waals surface area contributed by atoms with Crippen LogP contribution in [0.25, 0.3) is 0 Å². The number of nitrogens with two attached hydrogens (primary N) is 1. The molecular weight excluding hydrogens is 256 g/mol. The van der Waals surface area contributed by atoms with Gasteiger partial charge < -0.3 is 10.6 Å². The molecule has 1 heterocycles. The molecule has 0 aromatic carbocycles. The third-order valence-corrected chi connectivity index (χ3v) is 6.41. The highest BCUT2D eigenvalue weighted by atomic mass is 15.2. The summed E-state index contributed by atoms with van der Waals surface area (Å²) in [6.07, 6.45) is 9.71. The van der Waals surface area contributed by atoms with Crippen LogP contribution >= 0.6 is 0 Å². The third-order valence-electron chi connectivity index (χ3n) is 6.41. The van der Waals surface area contributed by atoms with E-state index in [1.807, 2.05) is 0 Å². The lowest BCUT2D eigenvalue weighted by molar-refractivity contribution is 0.0463. The summed E-state index contributed by atoms with van der Waals surface area (Å²) in [5, 5.41) is 0. The molecule has 1 aliphatic carbocycles. The molecule has 0 radical (unpaired) electrons. The van der Waals surface area contributed by atoms with Gasteiger partial charge in [-0.15, -0.1) is 0 Å².